The third kappa shape index (κ3) is 4.45. The van der Waals surface area contributed by atoms with Crippen molar-refractivity contribution in [1.29, 1.82) is 0 Å². The van der Waals surface area contributed by atoms with Gasteiger partial charge in [0.05, 0.1) is 12.2 Å². The Morgan fingerprint density at radius 3 is 2.12 bits per heavy atom. The van der Waals surface area contributed by atoms with Crippen molar-refractivity contribution in [1.82, 2.24) is 0 Å². The Morgan fingerprint density at radius 2 is 1.62 bits per heavy atom. The molecule has 24 heavy (non-hydrogen) atoms. The zero-order valence-electron chi connectivity index (χ0n) is 13.8. The van der Waals surface area contributed by atoms with Gasteiger partial charge < -0.3 is 9.84 Å². The van der Waals surface area contributed by atoms with Crippen LogP contribution in [0.4, 0.5) is 0 Å². The van der Waals surface area contributed by atoms with Crippen LogP contribution in [0.2, 0.25) is 0 Å². The SMILES string of the molecule is C=C=C(C(=O)OCC)[C@H](CC([O-])c1ccccc1)c1ccccc1. The van der Waals surface area contributed by atoms with Gasteiger partial charge in [0.15, 0.2) is 0 Å². The molecular weight excluding hydrogens is 300 g/mol. The number of esters is 1. The van der Waals surface area contributed by atoms with E-state index in [2.05, 4.69) is 12.3 Å². The van der Waals surface area contributed by atoms with Gasteiger partial charge in [0.1, 0.15) is 0 Å². The third-order valence-corrected chi connectivity index (χ3v) is 3.86. The summed E-state index contributed by atoms with van der Waals surface area (Å²) in [5.41, 5.74) is 4.58. The predicted octanol–water partition coefficient (Wildman–Crippen LogP) is 3.54. The van der Waals surface area contributed by atoms with Crippen molar-refractivity contribution in [2.75, 3.05) is 6.61 Å². The van der Waals surface area contributed by atoms with Gasteiger partial charge in [0.2, 0.25) is 0 Å². The summed E-state index contributed by atoms with van der Waals surface area (Å²) in [5, 5.41) is 12.7. The van der Waals surface area contributed by atoms with Crippen LogP contribution >= 0.6 is 0 Å². The van der Waals surface area contributed by atoms with Gasteiger partial charge in [0, 0.05) is 5.92 Å². The fourth-order valence-corrected chi connectivity index (χ4v) is 2.67. The van der Waals surface area contributed by atoms with E-state index in [1.54, 1.807) is 19.1 Å². The van der Waals surface area contributed by atoms with Crippen molar-refractivity contribution < 1.29 is 14.6 Å². The van der Waals surface area contributed by atoms with E-state index in [9.17, 15) is 9.90 Å². The molecule has 0 radical (unpaired) electrons. The van der Waals surface area contributed by atoms with Crippen molar-refractivity contribution in [3.63, 3.8) is 0 Å². The molecule has 0 aliphatic carbocycles. The van der Waals surface area contributed by atoms with Crippen LogP contribution in [0.25, 0.3) is 0 Å². The first-order valence-corrected chi connectivity index (χ1v) is 8.00. The molecule has 1 unspecified atom stereocenters. The maximum atomic E-state index is 12.7. The summed E-state index contributed by atoms with van der Waals surface area (Å²) in [6, 6.07) is 18.6. The zero-order valence-corrected chi connectivity index (χ0v) is 13.8. The molecule has 0 bridgehead atoms. The van der Waals surface area contributed by atoms with E-state index >= 15 is 0 Å². The standard InChI is InChI=1S/C21H21O3/c1-3-18(21(23)24-4-2)19(16-11-7-5-8-12-16)15-20(22)17-13-9-6-10-14-17/h5-14,19-20H,1,4,15H2,2H3/q-1/t19-,20?/m1/s1. The summed E-state index contributed by atoms with van der Waals surface area (Å²) in [6.07, 6.45) is -0.709. The second-order valence-electron chi connectivity index (χ2n) is 5.41. The molecule has 0 heterocycles. The van der Waals surface area contributed by atoms with Crippen LogP contribution in [-0.4, -0.2) is 12.6 Å². The average molecular weight is 321 g/mol. The largest absolute Gasteiger partial charge is 0.848 e. The van der Waals surface area contributed by atoms with Crippen molar-refractivity contribution >= 4 is 5.97 Å². The minimum absolute atomic E-state index is 0.241. The minimum atomic E-state index is -0.950. The normalized spacial score (nSPS) is 12.8. The van der Waals surface area contributed by atoms with Gasteiger partial charge in [-0.2, -0.15) is 0 Å². The Morgan fingerprint density at radius 1 is 1.08 bits per heavy atom. The first-order valence-electron chi connectivity index (χ1n) is 8.00. The summed E-state index contributed by atoms with van der Waals surface area (Å²) in [5.74, 6) is -0.868. The molecule has 3 nitrogen and oxygen atoms in total. The highest BCUT2D eigenvalue weighted by atomic mass is 16.5. The molecule has 124 valence electrons. The first kappa shape index (κ1) is 17.7. The molecule has 2 rings (SSSR count). The molecule has 0 amide bonds. The van der Waals surface area contributed by atoms with Crippen LogP contribution in [0.3, 0.4) is 0 Å². The molecule has 0 saturated heterocycles. The third-order valence-electron chi connectivity index (χ3n) is 3.86. The summed E-state index contributed by atoms with van der Waals surface area (Å²) in [4.78, 5) is 12.2. The van der Waals surface area contributed by atoms with E-state index in [4.69, 9.17) is 4.74 Å². The van der Waals surface area contributed by atoms with Gasteiger partial charge in [-0.25, -0.2) is 4.79 Å². The van der Waals surface area contributed by atoms with Crippen LogP contribution in [-0.2, 0) is 9.53 Å². The monoisotopic (exact) mass is 321 g/mol. The number of ether oxygens (including phenoxy) is 1. The summed E-state index contributed by atoms with van der Waals surface area (Å²) in [7, 11) is 0. The van der Waals surface area contributed by atoms with E-state index in [0.29, 0.717) is 11.1 Å². The lowest BCUT2D eigenvalue weighted by Crippen LogP contribution is -2.22. The number of hydrogen-bond donors (Lipinski definition) is 0. The summed E-state index contributed by atoms with van der Waals surface area (Å²) in [6.45, 7) is 5.64. The van der Waals surface area contributed by atoms with Gasteiger partial charge in [-0.1, -0.05) is 78.9 Å². The maximum Gasteiger partial charge on any atom is 0.342 e. The Kier molecular flexibility index (Phi) is 6.56. The summed E-state index contributed by atoms with van der Waals surface area (Å²) >= 11 is 0. The van der Waals surface area contributed by atoms with Gasteiger partial charge in [0.25, 0.3) is 0 Å². The fourth-order valence-electron chi connectivity index (χ4n) is 2.67. The molecule has 0 aliphatic rings. The Labute approximate surface area is 142 Å². The number of rotatable bonds is 7. The molecule has 0 spiro atoms. The molecule has 3 heteroatoms. The second kappa shape index (κ2) is 8.88. The number of carbonyl (C=O) groups excluding carboxylic acids is 1. The molecule has 2 aromatic rings. The smallest absolute Gasteiger partial charge is 0.342 e. The maximum absolute atomic E-state index is 12.7. The van der Waals surface area contributed by atoms with Crippen molar-refractivity contribution in [3.8, 4) is 0 Å². The number of hydrogen-bond acceptors (Lipinski definition) is 3. The topological polar surface area (TPSA) is 49.4 Å². The average Bonchev–Trinajstić information content (AvgIpc) is 2.63. The van der Waals surface area contributed by atoms with E-state index in [1.165, 1.54) is 0 Å². The lowest BCUT2D eigenvalue weighted by Gasteiger charge is -2.29. The highest BCUT2D eigenvalue weighted by Gasteiger charge is 2.24. The van der Waals surface area contributed by atoms with Crippen LogP contribution < -0.4 is 5.11 Å². The summed E-state index contributed by atoms with van der Waals surface area (Å²) < 4.78 is 5.10. The quantitative estimate of drug-likeness (QED) is 0.445. The van der Waals surface area contributed by atoms with Crippen LogP contribution in [0.1, 0.15) is 36.5 Å². The molecule has 0 aliphatic heterocycles. The van der Waals surface area contributed by atoms with Crippen LogP contribution in [0.5, 0.6) is 0 Å². The molecule has 0 fully saturated rings. The van der Waals surface area contributed by atoms with Crippen LogP contribution in [0, 0.1) is 0 Å². The van der Waals surface area contributed by atoms with Gasteiger partial charge in [-0.3, -0.25) is 0 Å². The molecule has 0 saturated carbocycles. The molecule has 2 aromatic carbocycles. The number of carbonyl (C=O) groups is 1. The fraction of sp³-hybridized carbons (Fsp3) is 0.238. The Bertz CT molecular complexity index is 700. The van der Waals surface area contributed by atoms with Crippen LogP contribution in [0.15, 0.2) is 78.5 Å². The second-order valence-corrected chi connectivity index (χ2v) is 5.41. The zero-order chi connectivity index (χ0) is 17.4. The highest BCUT2D eigenvalue weighted by Crippen LogP contribution is 2.33. The van der Waals surface area contributed by atoms with Gasteiger partial charge in [-0.05, 0) is 18.9 Å². The number of benzene rings is 2. The lowest BCUT2D eigenvalue weighted by molar-refractivity contribution is -0.428. The molecule has 0 N–H and O–H groups in total. The van der Waals surface area contributed by atoms with Crippen molar-refractivity contribution in [2.24, 2.45) is 0 Å². The highest BCUT2D eigenvalue weighted by molar-refractivity contribution is 5.90. The Hall–Kier alpha value is -2.61. The van der Waals surface area contributed by atoms with Gasteiger partial charge >= 0.3 is 5.97 Å². The van der Waals surface area contributed by atoms with Crippen molar-refractivity contribution in [2.45, 2.75) is 25.4 Å². The minimum Gasteiger partial charge on any atom is -0.848 e. The predicted molar refractivity (Wildman–Crippen MR) is 92.3 cm³/mol. The molecular formula is C21H21O3-. The first-order chi connectivity index (χ1) is 11.7. The van der Waals surface area contributed by atoms with E-state index in [0.717, 1.165) is 5.56 Å². The van der Waals surface area contributed by atoms with Gasteiger partial charge in [-0.15, -0.1) is 5.73 Å². The van der Waals surface area contributed by atoms with E-state index < -0.39 is 18.0 Å². The lowest BCUT2D eigenvalue weighted by atomic mass is 9.85. The van der Waals surface area contributed by atoms with E-state index in [-0.39, 0.29) is 13.0 Å². The molecule has 0 aromatic heterocycles. The van der Waals surface area contributed by atoms with Crippen molar-refractivity contribution in [3.05, 3.63) is 89.7 Å². The molecule has 2 atom stereocenters. The van der Waals surface area contributed by atoms with E-state index in [1.807, 2.05) is 48.5 Å². The Balaban J connectivity index is 2.33.